The van der Waals surface area contributed by atoms with Crippen molar-refractivity contribution in [3.05, 3.63) is 119 Å². The molecule has 0 aliphatic carbocycles. The molecule has 0 fully saturated rings. The van der Waals surface area contributed by atoms with E-state index in [0.29, 0.717) is 5.75 Å². The highest BCUT2D eigenvalue weighted by molar-refractivity contribution is 5.91. The van der Waals surface area contributed by atoms with Crippen LogP contribution in [-0.2, 0) is 6.18 Å². The average Bonchev–Trinajstić information content (AvgIpc) is 2.94. The Bertz CT molecular complexity index is 1690. The van der Waals surface area contributed by atoms with Crippen LogP contribution >= 0.6 is 0 Å². The molecule has 5 aromatic rings. The van der Waals surface area contributed by atoms with E-state index in [2.05, 4.69) is 0 Å². The van der Waals surface area contributed by atoms with Gasteiger partial charge in [0.1, 0.15) is 22.8 Å². The molecular formula is C30H19F3O6. The molecule has 5 rings (SSSR count). The number of methoxy groups -OCH3 is 1. The van der Waals surface area contributed by atoms with E-state index in [1.807, 2.05) is 30.3 Å². The number of esters is 1. The Balaban J connectivity index is 1.46. The third-order valence-electron chi connectivity index (χ3n) is 5.80. The maximum atomic E-state index is 13.9. The zero-order chi connectivity index (χ0) is 27.6. The average molecular weight is 532 g/mol. The van der Waals surface area contributed by atoms with Crippen molar-refractivity contribution < 1.29 is 36.6 Å². The van der Waals surface area contributed by atoms with Crippen LogP contribution in [-0.4, -0.2) is 13.1 Å². The molecule has 0 N–H and O–H groups in total. The highest BCUT2D eigenvalue weighted by atomic mass is 19.4. The van der Waals surface area contributed by atoms with Crippen molar-refractivity contribution in [2.45, 2.75) is 6.18 Å². The van der Waals surface area contributed by atoms with Crippen LogP contribution in [0.15, 0.2) is 106 Å². The van der Waals surface area contributed by atoms with Crippen molar-refractivity contribution in [3.8, 4) is 34.1 Å². The Kier molecular flexibility index (Phi) is 6.81. The topological polar surface area (TPSA) is 75.0 Å². The summed E-state index contributed by atoms with van der Waals surface area (Å²) in [6.07, 6.45) is -5.04. The Morgan fingerprint density at radius 2 is 1.38 bits per heavy atom. The second kappa shape index (κ2) is 10.4. The first-order valence-electron chi connectivity index (χ1n) is 11.6. The molecule has 0 aliphatic rings. The number of ether oxygens (including phenoxy) is 3. The molecular weight excluding hydrogens is 513 g/mol. The Morgan fingerprint density at radius 3 is 2.03 bits per heavy atom. The molecule has 0 aliphatic heterocycles. The van der Waals surface area contributed by atoms with E-state index < -0.39 is 34.7 Å². The van der Waals surface area contributed by atoms with E-state index >= 15 is 0 Å². The third kappa shape index (κ3) is 5.47. The number of rotatable bonds is 6. The van der Waals surface area contributed by atoms with Crippen LogP contribution in [0.5, 0.6) is 23.0 Å². The highest BCUT2D eigenvalue weighted by Crippen LogP contribution is 2.39. The van der Waals surface area contributed by atoms with Gasteiger partial charge in [0.15, 0.2) is 0 Å². The zero-order valence-electron chi connectivity index (χ0n) is 20.3. The lowest BCUT2D eigenvalue weighted by Crippen LogP contribution is -2.15. The molecule has 0 saturated carbocycles. The van der Waals surface area contributed by atoms with Crippen molar-refractivity contribution in [1.82, 2.24) is 0 Å². The van der Waals surface area contributed by atoms with E-state index in [9.17, 15) is 22.8 Å². The molecule has 39 heavy (non-hydrogen) atoms. The molecule has 0 bridgehead atoms. The van der Waals surface area contributed by atoms with E-state index in [4.69, 9.17) is 18.6 Å². The minimum absolute atomic E-state index is 0.0249. The normalized spacial score (nSPS) is 11.3. The summed E-state index contributed by atoms with van der Waals surface area (Å²) in [5.41, 5.74) is 0.480. The van der Waals surface area contributed by atoms with Crippen LogP contribution < -0.4 is 19.6 Å². The summed E-state index contributed by atoms with van der Waals surface area (Å²) < 4.78 is 62.6. The maximum Gasteiger partial charge on any atom is 0.453 e. The SMILES string of the molecule is COc1ccc(C(=O)Oc2ccc3c(=O)c(Oc4ccc(-c5ccccc5)cc4)c(C(F)(F)F)oc3c2)cc1. The Labute approximate surface area is 219 Å². The summed E-state index contributed by atoms with van der Waals surface area (Å²) in [6.45, 7) is 0. The summed E-state index contributed by atoms with van der Waals surface area (Å²) in [5, 5.41) is -0.178. The summed E-state index contributed by atoms with van der Waals surface area (Å²) in [7, 11) is 1.48. The van der Waals surface area contributed by atoms with E-state index in [0.717, 1.165) is 17.2 Å². The summed E-state index contributed by atoms with van der Waals surface area (Å²) in [5.74, 6) is -2.91. The number of benzene rings is 4. The van der Waals surface area contributed by atoms with Gasteiger partial charge in [-0.1, -0.05) is 42.5 Å². The van der Waals surface area contributed by atoms with Gasteiger partial charge in [-0.25, -0.2) is 4.79 Å². The molecule has 9 heteroatoms. The fourth-order valence-corrected chi connectivity index (χ4v) is 3.86. The van der Waals surface area contributed by atoms with Gasteiger partial charge >= 0.3 is 12.1 Å². The van der Waals surface area contributed by atoms with E-state index in [1.165, 1.54) is 43.5 Å². The smallest absolute Gasteiger partial charge is 0.453 e. The zero-order valence-corrected chi connectivity index (χ0v) is 20.3. The number of carbonyl (C=O) groups is 1. The molecule has 0 atom stereocenters. The first kappa shape index (κ1) is 25.6. The van der Waals surface area contributed by atoms with Gasteiger partial charge in [0.2, 0.25) is 11.2 Å². The number of hydrogen-bond acceptors (Lipinski definition) is 6. The molecule has 4 aromatic carbocycles. The molecule has 0 amide bonds. The lowest BCUT2D eigenvalue weighted by Gasteiger charge is -2.14. The van der Waals surface area contributed by atoms with Crippen molar-refractivity contribution in [2.24, 2.45) is 0 Å². The van der Waals surface area contributed by atoms with Gasteiger partial charge in [-0.15, -0.1) is 0 Å². The quantitative estimate of drug-likeness (QED) is 0.167. The van der Waals surface area contributed by atoms with Crippen molar-refractivity contribution in [3.63, 3.8) is 0 Å². The second-order valence-corrected chi connectivity index (χ2v) is 8.36. The molecule has 1 aromatic heterocycles. The number of alkyl halides is 3. The van der Waals surface area contributed by atoms with Gasteiger partial charge in [0.25, 0.3) is 5.76 Å². The van der Waals surface area contributed by atoms with Crippen LogP contribution in [0.1, 0.15) is 16.1 Å². The summed E-state index contributed by atoms with van der Waals surface area (Å²) >= 11 is 0. The molecule has 0 radical (unpaired) electrons. The molecule has 0 spiro atoms. The van der Waals surface area contributed by atoms with Crippen molar-refractivity contribution >= 4 is 16.9 Å². The molecule has 6 nitrogen and oxygen atoms in total. The van der Waals surface area contributed by atoms with Crippen molar-refractivity contribution in [2.75, 3.05) is 7.11 Å². The van der Waals surface area contributed by atoms with Crippen molar-refractivity contribution in [1.29, 1.82) is 0 Å². The first-order chi connectivity index (χ1) is 18.7. The third-order valence-corrected chi connectivity index (χ3v) is 5.80. The molecule has 0 saturated heterocycles. The predicted molar refractivity (Wildman–Crippen MR) is 137 cm³/mol. The highest BCUT2D eigenvalue weighted by Gasteiger charge is 2.40. The standard InChI is InChI=1S/C30H19F3O6/c1-36-21-11-9-20(10-12-21)29(35)38-23-15-16-24-25(17-23)39-28(30(31,32)33)27(26(24)34)37-22-13-7-19(8-14-22)18-5-3-2-4-6-18/h2-17H,1H3. The minimum atomic E-state index is -5.04. The molecule has 196 valence electrons. The van der Waals surface area contributed by atoms with Gasteiger partial charge in [0, 0.05) is 6.07 Å². The number of halogens is 3. The Hall–Kier alpha value is -5.05. The predicted octanol–water partition coefficient (Wildman–Crippen LogP) is 7.50. The fourth-order valence-electron chi connectivity index (χ4n) is 3.86. The lowest BCUT2D eigenvalue weighted by atomic mass is 10.1. The number of carbonyl (C=O) groups excluding carboxylic acids is 1. The van der Waals surface area contributed by atoms with Crippen LogP contribution in [0.2, 0.25) is 0 Å². The largest absolute Gasteiger partial charge is 0.497 e. The van der Waals surface area contributed by atoms with Crippen LogP contribution in [0.4, 0.5) is 13.2 Å². The van der Waals surface area contributed by atoms with Crippen LogP contribution in [0.25, 0.3) is 22.1 Å². The summed E-state index contributed by atoms with van der Waals surface area (Å²) in [4.78, 5) is 25.6. The lowest BCUT2D eigenvalue weighted by molar-refractivity contribution is -0.154. The van der Waals surface area contributed by atoms with Crippen LogP contribution in [0.3, 0.4) is 0 Å². The fraction of sp³-hybridized carbons (Fsp3) is 0.0667. The first-order valence-corrected chi connectivity index (χ1v) is 11.6. The van der Waals surface area contributed by atoms with Gasteiger partial charge in [-0.2, -0.15) is 13.2 Å². The molecule has 0 unspecified atom stereocenters. The van der Waals surface area contributed by atoms with Gasteiger partial charge in [-0.3, -0.25) is 4.79 Å². The van der Waals surface area contributed by atoms with Gasteiger partial charge in [0.05, 0.1) is 18.1 Å². The van der Waals surface area contributed by atoms with Crippen LogP contribution in [0, 0.1) is 0 Å². The summed E-state index contributed by atoms with van der Waals surface area (Å²) in [6, 6.07) is 25.2. The monoisotopic (exact) mass is 532 g/mol. The van der Waals surface area contributed by atoms with E-state index in [1.54, 1.807) is 24.3 Å². The van der Waals surface area contributed by atoms with Gasteiger partial charge < -0.3 is 18.6 Å². The van der Waals surface area contributed by atoms with E-state index in [-0.39, 0.29) is 22.4 Å². The minimum Gasteiger partial charge on any atom is -0.497 e. The second-order valence-electron chi connectivity index (χ2n) is 8.36. The Morgan fingerprint density at radius 1 is 0.769 bits per heavy atom. The number of hydrogen-bond donors (Lipinski definition) is 0. The number of fused-ring (bicyclic) bond motifs is 1. The van der Waals surface area contributed by atoms with Gasteiger partial charge in [-0.05, 0) is 59.7 Å². The molecule has 1 heterocycles. The maximum absolute atomic E-state index is 13.9.